The van der Waals surface area contributed by atoms with Gasteiger partial charge in [0.1, 0.15) is 6.61 Å². The van der Waals surface area contributed by atoms with E-state index in [2.05, 4.69) is 39.8 Å². The van der Waals surface area contributed by atoms with Gasteiger partial charge in [-0.2, -0.15) is 0 Å². The fourth-order valence-corrected chi connectivity index (χ4v) is 3.95. The molecule has 0 saturated heterocycles. The Hall–Kier alpha value is -2.69. The third-order valence-electron chi connectivity index (χ3n) is 6.02. The van der Waals surface area contributed by atoms with Crippen LogP contribution in [0.15, 0.2) is 50.7 Å². The second-order valence-electron chi connectivity index (χ2n) is 9.39. The average Bonchev–Trinajstić information content (AvgIpc) is 2.83. The summed E-state index contributed by atoms with van der Waals surface area (Å²) in [5.74, 6) is 1.06. The molecule has 1 aromatic heterocycles. The first-order valence-corrected chi connectivity index (χ1v) is 13.2. The third-order valence-corrected chi connectivity index (χ3v) is 6.02. The number of methoxy groups -OCH3 is 1. The summed E-state index contributed by atoms with van der Waals surface area (Å²) in [6.07, 6.45) is 15.9. The van der Waals surface area contributed by atoms with E-state index < -0.39 is 5.63 Å². The van der Waals surface area contributed by atoms with Gasteiger partial charge in [0.2, 0.25) is 5.75 Å². The lowest BCUT2D eigenvalue weighted by Gasteiger charge is -2.14. The molecule has 0 aliphatic rings. The number of hydrogen-bond acceptors (Lipinski definition) is 5. The summed E-state index contributed by atoms with van der Waals surface area (Å²) < 4.78 is 23.1. The molecule has 0 bridgehead atoms. The first-order chi connectivity index (χ1) is 17.0. The van der Waals surface area contributed by atoms with Gasteiger partial charge in [-0.05, 0) is 58.2 Å². The van der Waals surface area contributed by atoms with Crippen molar-refractivity contribution in [3.05, 3.63) is 51.9 Å². The Labute approximate surface area is 211 Å². The molecule has 0 aliphatic carbocycles. The van der Waals surface area contributed by atoms with Crippen LogP contribution in [0.25, 0.3) is 11.0 Å². The van der Waals surface area contributed by atoms with Gasteiger partial charge in [-0.15, -0.1) is 0 Å². The van der Waals surface area contributed by atoms with E-state index in [4.69, 9.17) is 18.6 Å². The van der Waals surface area contributed by atoms with E-state index in [1.165, 1.54) is 49.7 Å². The summed E-state index contributed by atoms with van der Waals surface area (Å²) >= 11 is 0. The Morgan fingerprint density at radius 1 is 0.914 bits per heavy atom. The highest BCUT2D eigenvalue weighted by Gasteiger charge is 2.20. The Morgan fingerprint density at radius 3 is 2.31 bits per heavy atom. The van der Waals surface area contributed by atoms with E-state index >= 15 is 0 Å². The highest BCUT2D eigenvalue weighted by atomic mass is 16.5. The normalized spacial score (nSPS) is 11.5. The molecule has 0 fully saturated rings. The summed E-state index contributed by atoms with van der Waals surface area (Å²) in [5, 5.41) is 0.672. The Bertz CT molecular complexity index is 1010. The Morgan fingerprint density at radius 2 is 1.63 bits per heavy atom. The predicted octanol–water partition coefficient (Wildman–Crippen LogP) is 8.39. The lowest BCUT2D eigenvalue weighted by atomic mass is 10.1. The van der Waals surface area contributed by atoms with Gasteiger partial charge in [0.15, 0.2) is 17.1 Å². The topological polar surface area (TPSA) is 57.9 Å². The number of para-hydroxylation sites is 1. The van der Waals surface area contributed by atoms with Crippen LogP contribution in [0, 0.1) is 0 Å². The number of unbranched alkanes of at least 4 members (excludes halogenated alkanes) is 7. The summed E-state index contributed by atoms with van der Waals surface area (Å²) in [5.41, 5.74) is 2.40. The van der Waals surface area contributed by atoms with Crippen LogP contribution in [0.2, 0.25) is 0 Å². The number of fused-ring (bicyclic) bond motifs is 1. The van der Waals surface area contributed by atoms with E-state index in [9.17, 15) is 4.79 Å². The molecule has 2 rings (SSSR count). The molecule has 0 N–H and O–H groups in total. The molecule has 1 aromatic carbocycles. The maximum absolute atomic E-state index is 12.8. The van der Waals surface area contributed by atoms with E-state index in [1.54, 1.807) is 13.2 Å². The van der Waals surface area contributed by atoms with Crippen LogP contribution >= 0.6 is 0 Å². The van der Waals surface area contributed by atoms with Crippen molar-refractivity contribution in [2.24, 2.45) is 0 Å². The van der Waals surface area contributed by atoms with Gasteiger partial charge in [-0.1, -0.05) is 75.2 Å². The molecule has 5 nitrogen and oxygen atoms in total. The highest BCUT2D eigenvalue weighted by molar-refractivity contribution is 5.89. The second kappa shape index (κ2) is 16.1. The van der Waals surface area contributed by atoms with Crippen LogP contribution in [0.5, 0.6) is 17.2 Å². The monoisotopic (exact) mass is 484 g/mol. The van der Waals surface area contributed by atoms with Crippen LogP contribution in [-0.2, 0) is 0 Å². The molecule has 0 spiro atoms. The van der Waals surface area contributed by atoms with Crippen molar-refractivity contribution in [2.75, 3.05) is 20.3 Å². The third kappa shape index (κ3) is 9.83. The first-order valence-electron chi connectivity index (χ1n) is 13.2. The summed E-state index contributed by atoms with van der Waals surface area (Å²) in [6, 6.07) is 5.49. The lowest BCUT2D eigenvalue weighted by Crippen LogP contribution is -2.12. The molecule has 0 amide bonds. The van der Waals surface area contributed by atoms with Gasteiger partial charge in [-0.3, -0.25) is 0 Å². The molecule has 1 heterocycles. The lowest BCUT2D eigenvalue weighted by molar-refractivity contribution is 0.264. The quantitative estimate of drug-likeness (QED) is 0.128. The SMILES string of the molecule is CCCCCCCCCCOc1c(OC/C=C(\C)CCC=C(C)C)c2cccc(OC)c2oc1=O. The van der Waals surface area contributed by atoms with Crippen molar-refractivity contribution in [2.45, 2.75) is 91.9 Å². The Kier molecular flexibility index (Phi) is 13.1. The van der Waals surface area contributed by atoms with E-state index in [0.29, 0.717) is 35.7 Å². The van der Waals surface area contributed by atoms with Gasteiger partial charge < -0.3 is 18.6 Å². The maximum atomic E-state index is 12.8. The molecule has 0 aliphatic heterocycles. The van der Waals surface area contributed by atoms with Crippen LogP contribution in [0.3, 0.4) is 0 Å². The maximum Gasteiger partial charge on any atom is 0.383 e. The van der Waals surface area contributed by atoms with E-state index in [1.807, 2.05) is 12.1 Å². The summed E-state index contributed by atoms with van der Waals surface area (Å²) in [7, 11) is 1.56. The minimum absolute atomic E-state index is 0.143. The number of ether oxygens (including phenoxy) is 3. The zero-order valence-electron chi connectivity index (χ0n) is 22.4. The van der Waals surface area contributed by atoms with Gasteiger partial charge >= 0.3 is 5.63 Å². The summed E-state index contributed by atoms with van der Waals surface area (Å²) in [6.45, 7) is 9.36. The van der Waals surface area contributed by atoms with Crippen LogP contribution in [0.1, 0.15) is 91.9 Å². The zero-order chi connectivity index (χ0) is 25.5. The van der Waals surface area contributed by atoms with Crippen molar-refractivity contribution in [1.29, 1.82) is 0 Å². The summed E-state index contributed by atoms with van der Waals surface area (Å²) in [4.78, 5) is 12.8. The molecule has 0 saturated carbocycles. The average molecular weight is 485 g/mol. The smallest absolute Gasteiger partial charge is 0.383 e. The van der Waals surface area contributed by atoms with Crippen LogP contribution in [-0.4, -0.2) is 20.3 Å². The fraction of sp³-hybridized carbons (Fsp3) is 0.567. The van der Waals surface area contributed by atoms with Crippen molar-refractivity contribution < 1.29 is 18.6 Å². The fourth-order valence-electron chi connectivity index (χ4n) is 3.95. The molecule has 0 atom stereocenters. The standard InChI is InChI=1S/C30H44O5/c1-6-7-8-9-10-11-12-13-21-33-29-28(34-22-20-24(4)17-14-16-23(2)3)25-18-15-19-26(32-5)27(25)35-30(29)31/h15-16,18-20H,6-14,17,21-22H2,1-5H3/b24-20+. The van der Waals surface area contributed by atoms with E-state index in [-0.39, 0.29) is 5.75 Å². The van der Waals surface area contributed by atoms with Crippen molar-refractivity contribution >= 4 is 11.0 Å². The molecule has 0 unspecified atom stereocenters. The minimum Gasteiger partial charge on any atom is -0.493 e. The van der Waals surface area contributed by atoms with Crippen molar-refractivity contribution in [3.63, 3.8) is 0 Å². The van der Waals surface area contributed by atoms with Crippen molar-refractivity contribution in [3.8, 4) is 17.2 Å². The van der Waals surface area contributed by atoms with Gasteiger partial charge in [0.05, 0.1) is 19.1 Å². The number of rotatable bonds is 17. The minimum atomic E-state index is -0.541. The largest absolute Gasteiger partial charge is 0.493 e. The van der Waals surface area contributed by atoms with Crippen LogP contribution < -0.4 is 19.8 Å². The molecule has 0 radical (unpaired) electrons. The van der Waals surface area contributed by atoms with Crippen molar-refractivity contribution in [1.82, 2.24) is 0 Å². The number of hydrogen-bond donors (Lipinski definition) is 0. The zero-order valence-corrected chi connectivity index (χ0v) is 22.4. The number of allylic oxidation sites excluding steroid dienone is 3. The molecular weight excluding hydrogens is 440 g/mol. The van der Waals surface area contributed by atoms with E-state index in [0.717, 1.165) is 25.7 Å². The highest BCUT2D eigenvalue weighted by Crippen LogP contribution is 2.37. The first kappa shape index (κ1) is 28.5. The second-order valence-corrected chi connectivity index (χ2v) is 9.39. The molecule has 5 heteroatoms. The molecule has 194 valence electrons. The van der Waals surface area contributed by atoms with Gasteiger partial charge in [0.25, 0.3) is 0 Å². The molecular formula is C30H44O5. The van der Waals surface area contributed by atoms with Gasteiger partial charge in [0, 0.05) is 0 Å². The van der Waals surface area contributed by atoms with Gasteiger partial charge in [-0.25, -0.2) is 4.79 Å². The van der Waals surface area contributed by atoms with Crippen LogP contribution in [0.4, 0.5) is 0 Å². The number of benzene rings is 1. The Balaban J connectivity index is 2.09. The predicted molar refractivity (Wildman–Crippen MR) is 145 cm³/mol. The molecule has 2 aromatic rings. The molecule has 35 heavy (non-hydrogen) atoms.